The van der Waals surface area contributed by atoms with Crippen LogP contribution in [0.15, 0.2) is 111 Å². The van der Waals surface area contributed by atoms with Crippen LogP contribution in [0.2, 0.25) is 0 Å². The number of benzene rings is 2. The molecule has 61 heavy (non-hydrogen) atoms. The number of Topliss-reactive ketones (excluding diaryl/α,β-unsaturated/α-hetero) is 1. The largest absolute Gasteiger partial charge is 0.494 e. The molecule has 12 heteroatoms. The minimum atomic E-state index is -0.762. The number of furan rings is 2. The van der Waals surface area contributed by atoms with Gasteiger partial charge in [0, 0.05) is 46.8 Å². The van der Waals surface area contributed by atoms with E-state index in [1.54, 1.807) is 0 Å². The molecule has 2 aliphatic carbocycles. The van der Waals surface area contributed by atoms with Gasteiger partial charge in [-0.15, -0.1) is 12.4 Å². The Morgan fingerprint density at radius 1 is 0.639 bits per heavy atom. The average Bonchev–Trinajstić information content (AvgIpc) is 3.91. The van der Waals surface area contributed by atoms with Gasteiger partial charge in [-0.05, 0) is 121 Å². The minimum Gasteiger partial charge on any atom is -0.494 e. The molecule has 2 heterocycles. The number of fused-ring (bicyclic) bond motifs is 2. The van der Waals surface area contributed by atoms with E-state index in [1.165, 1.54) is 0 Å². The van der Waals surface area contributed by atoms with Gasteiger partial charge in [-0.3, -0.25) is 4.79 Å². The summed E-state index contributed by atoms with van der Waals surface area (Å²) in [6, 6.07) is 20.7. The quantitative estimate of drug-likeness (QED) is 0.0574. The molecule has 0 fully saturated rings. The highest BCUT2D eigenvalue weighted by molar-refractivity contribution is 14.1. The van der Waals surface area contributed by atoms with Crippen molar-refractivity contribution in [3.05, 3.63) is 114 Å². The number of carbonyl (C=O) groups is 1. The van der Waals surface area contributed by atoms with Gasteiger partial charge < -0.3 is 28.1 Å². The van der Waals surface area contributed by atoms with Crippen LogP contribution >= 0.6 is 103 Å². The number of alkyl halides is 2. The third-order valence-electron chi connectivity index (χ3n) is 12.3. The molecular weight excluding hydrogens is 1240 g/mol. The molecule has 0 saturated heterocycles. The Kier molecular flexibility index (Phi) is 19.5. The maximum atomic E-state index is 16.0. The van der Waals surface area contributed by atoms with Gasteiger partial charge in [-0.2, -0.15) is 0 Å². The zero-order valence-electron chi connectivity index (χ0n) is 36.3. The molecule has 0 bridgehead atoms. The second-order valence-electron chi connectivity index (χ2n) is 15.7. The highest BCUT2D eigenvalue weighted by Crippen LogP contribution is 2.60. The predicted octanol–water partition coefficient (Wildman–Crippen LogP) is 14.6. The van der Waals surface area contributed by atoms with Crippen molar-refractivity contribution in [3.8, 4) is 0 Å². The lowest BCUT2D eigenvalue weighted by Crippen LogP contribution is -2.42. The Morgan fingerprint density at radius 2 is 1.02 bits per heavy atom. The first-order valence-electron chi connectivity index (χ1n) is 21.8. The number of rotatable bonds is 22. The zero-order chi connectivity index (χ0) is 43.0. The van der Waals surface area contributed by atoms with Crippen molar-refractivity contribution in [3.63, 3.8) is 0 Å². The molecule has 0 amide bonds. The number of nitrogens with zero attached hydrogens (tertiary/aromatic N) is 2. The molecule has 2 aromatic carbocycles. The van der Waals surface area contributed by atoms with Gasteiger partial charge in [-0.25, -0.2) is 0 Å². The highest BCUT2D eigenvalue weighted by atomic mass is 127. The van der Waals surface area contributed by atoms with Crippen molar-refractivity contribution in [1.29, 1.82) is 0 Å². The summed E-state index contributed by atoms with van der Waals surface area (Å²) in [5.41, 5.74) is 3.29. The molecule has 6 rings (SSSR count). The molecule has 2 aromatic heterocycles. The molecule has 0 radical (unpaired) electrons. The van der Waals surface area contributed by atoms with Crippen molar-refractivity contribution in [1.82, 2.24) is 9.80 Å². The number of para-hydroxylation sites is 2. The predicted molar refractivity (Wildman–Crippen MR) is 288 cm³/mol. The maximum absolute atomic E-state index is 16.0. The number of ether oxygens (including phenoxy) is 2. The molecule has 0 aliphatic heterocycles. The number of hydrogen-bond acceptors (Lipinski definition) is 7. The minimum absolute atomic E-state index is 0. The van der Waals surface area contributed by atoms with E-state index in [0.29, 0.717) is 13.2 Å². The van der Waals surface area contributed by atoms with Gasteiger partial charge >= 0.3 is 0 Å². The van der Waals surface area contributed by atoms with Crippen LogP contribution in [0.25, 0.3) is 21.9 Å². The van der Waals surface area contributed by atoms with Crippen LogP contribution in [-0.2, 0) is 21.1 Å². The van der Waals surface area contributed by atoms with E-state index in [-0.39, 0.29) is 30.0 Å². The first-order valence-corrected chi connectivity index (χ1v) is 26.2. The summed E-state index contributed by atoms with van der Waals surface area (Å²) in [6.45, 7) is 19.8. The van der Waals surface area contributed by atoms with Crippen molar-refractivity contribution < 1.29 is 23.1 Å². The molecule has 0 spiro atoms. The SMILES string of the molecule is CCCCC1C(C(=O)C2=CC(I)=C(OCCN(CC)CC)C(I)(c3cc4ccccc4o3)C2CCCC)=CC(I)=C(OCCN(CC)CC)C1(I)c1cc2ccccc2o1.Cl. The first kappa shape index (κ1) is 50.9. The second kappa shape index (κ2) is 23.4. The Morgan fingerprint density at radius 3 is 1.36 bits per heavy atom. The molecule has 2 aliphatic rings. The van der Waals surface area contributed by atoms with E-state index in [4.69, 9.17) is 18.3 Å². The summed E-state index contributed by atoms with van der Waals surface area (Å²) in [7, 11) is 0. The fraction of sp³-hybridized carbons (Fsp3) is 0.490. The lowest BCUT2D eigenvalue weighted by Gasteiger charge is -2.43. The van der Waals surface area contributed by atoms with Crippen molar-refractivity contribution >= 4 is 130 Å². The molecule has 332 valence electrons. The van der Waals surface area contributed by atoms with Gasteiger partial charge in [-0.1, -0.05) is 149 Å². The number of unbranched alkanes of at least 4 members (excludes halogenated alkanes) is 2. The van der Waals surface area contributed by atoms with Crippen LogP contribution in [0.5, 0.6) is 0 Å². The van der Waals surface area contributed by atoms with E-state index < -0.39 is 6.84 Å². The Bertz CT molecular complexity index is 2020. The fourth-order valence-electron chi connectivity index (χ4n) is 8.71. The summed E-state index contributed by atoms with van der Waals surface area (Å²) in [5.74, 6) is 3.06. The Hall–Kier alpha value is -1.12. The van der Waals surface area contributed by atoms with Crippen LogP contribution in [-0.4, -0.2) is 68.1 Å². The third-order valence-corrected chi connectivity index (χ3v) is 17.4. The third kappa shape index (κ3) is 10.8. The Labute approximate surface area is 424 Å². The summed E-state index contributed by atoms with van der Waals surface area (Å²) < 4.78 is 27.8. The Balaban J connectivity index is 0.00000704. The fourth-order valence-corrected chi connectivity index (χ4v) is 14.3. The molecule has 0 N–H and O–H groups in total. The number of likely N-dealkylation sites (N-methyl/N-ethyl adjacent to an activating group) is 2. The summed E-state index contributed by atoms with van der Waals surface area (Å²) in [6.07, 6.45) is 9.80. The number of halogens is 5. The molecule has 4 unspecified atom stereocenters. The normalized spacial score (nSPS) is 22.0. The first-order chi connectivity index (χ1) is 29.0. The molecular formula is C49H61ClI4N2O5. The summed E-state index contributed by atoms with van der Waals surface area (Å²) in [4.78, 5) is 20.8. The van der Waals surface area contributed by atoms with Crippen molar-refractivity contribution in [2.45, 2.75) is 86.9 Å². The van der Waals surface area contributed by atoms with E-state index in [0.717, 1.165) is 141 Å². The van der Waals surface area contributed by atoms with Gasteiger partial charge in [0.2, 0.25) is 0 Å². The van der Waals surface area contributed by atoms with Crippen LogP contribution in [0.3, 0.4) is 0 Å². The second-order valence-corrected chi connectivity index (χ2v) is 21.5. The number of carbonyl (C=O) groups excluding carboxylic acids is 1. The number of allylic oxidation sites excluding steroid dienone is 8. The van der Waals surface area contributed by atoms with Crippen LogP contribution in [0.4, 0.5) is 0 Å². The van der Waals surface area contributed by atoms with Crippen molar-refractivity contribution in [2.75, 3.05) is 52.5 Å². The smallest absolute Gasteiger partial charge is 0.185 e. The van der Waals surface area contributed by atoms with Crippen molar-refractivity contribution in [2.24, 2.45) is 11.8 Å². The molecule has 4 atom stereocenters. The molecule has 0 saturated carbocycles. The monoisotopic (exact) mass is 1300 g/mol. The zero-order valence-corrected chi connectivity index (χ0v) is 45.8. The van der Waals surface area contributed by atoms with Gasteiger partial charge in [0.25, 0.3) is 0 Å². The van der Waals surface area contributed by atoms with Gasteiger partial charge in [0.1, 0.15) is 54.3 Å². The van der Waals surface area contributed by atoms with Gasteiger partial charge in [0.15, 0.2) is 5.78 Å². The van der Waals surface area contributed by atoms with E-state index in [9.17, 15) is 0 Å². The van der Waals surface area contributed by atoms with E-state index >= 15 is 4.79 Å². The van der Waals surface area contributed by atoms with E-state index in [1.807, 2.05) is 36.4 Å². The standard InChI is InChI=1S/C49H60I4N2O5.ClH/c1-7-13-21-37-35(31-39(50)46(57-27-25-54(9-3)10-4)48(37,52)43-29-33-19-15-17-23-41(33)59-43)45(56)36-32-40(51)47(58-28-26-55(11-5)12-6)49(53,38(36)22-14-8-2)44-30-34-20-16-18-24-42(34)60-44;/h15-20,23-24,29-32,37-38H,7-14,21-22,25-28H2,1-6H3;1H. The topological polar surface area (TPSA) is 68.3 Å². The van der Waals surface area contributed by atoms with Gasteiger partial charge in [0.05, 0.1) is 7.16 Å². The summed E-state index contributed by atoms with van der Waals surface area (Å²) in [5, 5.41) is 2.09. The van der Waals surface area contributed by atoms with Crippen LogP contribution < -0.4 is 0 Å². The average molecular weight is 1300 g/mol. The summed E-state index contributed by atoms with van der Waals surface area (Å²) >= 11 is 10.0. The highest BCUT2D eigenvalue weighted by Gasteiger charge is 2.55. The van der Waals surface area contributed by atoms with Crippen LogP contribution in [0.1, 0.15) is 91.6 Å². The lowest BCUT2D eigenvalue weighted by atomic mass is 9.69. The molecule has 7 nitrogen and oxygen atoms in total. The van der Waals surface area contributed by atoms with E-state index in [2.05, 4.69) is 178 Å². The number of ketones is 1. The lowest BCUT2D eigenvalue weighted by molar-refractivity contribution is -0.113. The maximum Gasteiger partial charge on any atom is 0.185 e. The molecule has 4 aromatic rings. The number of hydrogen-bond donors (Lipinski definition) is 0. The van der Waals surface area contributed by atoms with Crippen LogP contribution in [0, 0.1) is 11.8 Å².